The van der Waals surface area contributed by atoms with Crippen LogP contribution < -0.4 is 5.32 Å². The van der Waals surface area contributed by atoms with Crippen molar-refractivity contribution in [1.29, 1.82) is 0 Å². The first-order valence-corrected chi connectivity index (χ1v) is 12.7. The van der Waals surface area contributed by atoms with E-state index in [0.29, 0.717) is 19.4 Å². The van der Waals surface area contributed by atoms with Gasteiger partial charge in [-0.2, -0.15) is 0 Å². The van der Waals surface area contributed by atoms with Crippen molar-refractivity contribution in [3.63, 3.8) is 0 Å². The fourth-order valence-electron chi connectivity index (χ4n) is 5.39. The Kier molecular flexibility index (Phi) is 7.06. The topological polar surface area (TPSA) is 73.0 Å². The Morgan fingerprint density at radius 1 is 0.757 bits per heavy atom. The quantitative estimate of drug-likeness (QED) is 0.484. The minimum Gasteiger partial charge on any atom is -0.326 e. The van der Waals surface area contributed by atoms with Crippen molar-refractivity contribution in [2.24, 2.45) is 0 Å². The fourth-order valence-corrected chi connectivity index (χ4v) is 5.39. The number of hydrogen-bond donors (Lipinski definition) is 1. The maximum absolute atomic E-state index is 13.9. The molecule has 4 amide bonds. The molecule has 0 saturated carbocycles. The molecular weight excluding hydrogens is 464 g/mol. The van der Waals surface area contributed by atoms with Crippen molar-refractivity contribution in [2.45, 2.75) is 44.9 Å². The predicted octanol–water partition coefficient (Wildman–Crippen LogP) is 4.64. The summed E-state index contributed by atoms with van der Waals surface area (Å²) in [6.07, 6.45) is 1.19. The Labute approximate surface area is 217 Å². The molecule has 0 atom stereocenters. The molecule has 2 aliphatic heterocycles. The molecule has 3 aromatic carbocycles. The number of amides is 4. The zero-order valence-electron chi connectivity index (χ0n) is 21.1. The second-order valence-electron chi connectivity index (χ2n) is 9.92. The van der Waals surface area contributed by atoms with Crippen LogP contribution in [0.2, 0.25) is 0 Å². The van der Waals surface area contributed by atoms with Crippen molar-refractivity contribution < 1.29 is 14.4 Å². The maximum Gasteiger partial charge on any atom is 0.328 e. The van der Waals surface area contributed by atoms with Crippen LogP contribution in [-0.2, 0) is 29.2 Å². The fraction of sp³-hybridized carbons (Fsp3) is 0.300. The van der Waals surface area contributed by atoms with E-state index in [4.69, 9.17) is 0 Å². The Bertz CT molecular complexity index is 1250. The van der Waals surface area contributed by atoms with Gasteiger partial charge in [-0.1, -0.05) is 72.8 Å². The highest BCUT2D eigenvalue weighted by atomic mass is 16.2. The highest BCUT2D eigenvalue weighted by molar-refractivity contribution is 6.07. The second kappa shape index (κ2) is 10.6. The first-order chi connectivity index (χ1) is 17.9. The van der Waals surface area contributed by atoms with E-state index >= 15 is 0 Å². The Morgan fingerprint density at radius 2 is 1.30 bits per heavy atom. The lowest BCUT2D eigenvalue weighted by atomic mass is 9.85. The van der Waals surface area contributed by atoms with Crippen LogP contribution in [0.1, 0.15) is 36.5 Å². The van der Waals surface area contributed by atoms with Gasteiger partial charge < -0.3 is 10.2 Å². The lowest BCUT2D eigenvalue weighted by molar-refractivity contribution is -0.136. The number of anilines is 1. The first kappa shape index (κ1) is 24.7. The van der Waals surface area contributed by atoms with Gasteiger partial charge in [0.15, 0.2) is 0 Å². The third-order valence-corrected chi connectivity index (χ3v) is 7.35. The van der Waals surface area contributed by atoms with Crippen molar-refractivity contribution in [2.75, 3.05) is 18.4 Å². The van der Waals surface area contributed by atoms with Gasteiger partial charge in [-0.05, 0) is 41.7 Å². The first-order valence-electron chi connectivity index (χ1n) is 12.7. The van der Waals surface area contributed by atoms with Crippen LogP contribution in [0.4, 0.5) is 10.5 Å². The van der Waals surface area contributed by atoms with E-state index in [9.17, 15) is 14.4 Å². The summed E-state index contributed by atoms with van der Waals surface area (Å²) >= 11 is 0. The molecule has 3 aromatic rings. The van der Waals surface area contributed by atoms with E-state index in [1.807, 2.05) is 89.8 Å². The van der Waals surface area contributed by atoms with E-state index in [0.717, 1.165) is 42.0 Å². The number of rotatable bonds is 7. The van der Waals surface area contributed by atoms with E-state index in [-0.39, 0.29) is 24.4 Å². The van der Waals surface area contributed by atoms with E-state index in [1.54, 1.807) is 0 Å². The molecule has 1 N–H and O–H groups in total. The standard InChI is InChI=1S/C30H32N4O3/c1-23(35)31-27-14-12-26(13-15-27)20-32-18-16-30(17-19-32)28(36)33(21-24-8-4-2-5-9-24)29(37)34(30)22-25-10-6-3-7-11-25/h2-15H,16-22H2,1H3,(H,31,35). The molecule has 7 heteroatoms. The number of hydrogen-bond acceptors (Lipinski definition) is 4. The summed E-state index contributed by atoms with van der Waals surface area (Å²) < 4.78 is 0. The summed E-state index contributed by atoms with van der Waals surface area (Å²) in [5.74, 6) is -0.178. The minimum atomic E-state index is -0.826. The Morgan fingerprint density at radius 3 is 1.86 bits per heavy atom. The molecule has 190 valence electrons. The second-order valence-corrected chi connectivity index (χ2v) is 9.92. The molecule has 2 heterocycles. The molecule has 2 fully saturated rings. The molecule has 5 rings (SSSR count). The molecule has 7 nitrogen and oxygen atoms in total. The van der Waals surface area contributed by atoms with Gasteiger partial charge in [-0.15, -0.1) is 0 Å². The van der Waals surface area contributed by atoms with Gasteiger partial charge in [0, 0.05) is 38.8 Å². The largest absolute Gasteiger partial charge is 0.328 e. The zero-order chi connectivity index (χ0) is 25.8. The number of nitrogens with zero attached hydrogens (tertiary/aromatic N) is 3. The van der Waals surface area contributed by atoms with Gasteiger partial charge in [0.05, 0.1) is 6.54 Å². The number of likely N-dealkylation sites (tertiary alicyclic amines) is 1. The number of urea groups is 1. The SMILES string of the molecule is CC(=O)Nc1ccc(CN2CCC3(CC2)C(=O)N(Cc2ccccc2)C(=O)N3Cc2ccccc2)cc1. The van der Waals surface area contributed by atoms with Crippen LogP contribution in [0.5, 0.6) is 0 Å². The lowest BCUT2D eigenvalue weighted by Gasteiger charge is -2.42. The molecule has 37 heavy (non-hydrogen) atoms. The molecule has 0 bridgehead atoms. The molecule has 1 spiro atoms. The Balaban J connectivity index is 1.33. The van der Waals surface area contributed by atoms with Gasteiger partial charge in [-0.25, -0.2) is 4.79 Å². The normalized spacial score (nSPS) is 17.4. The van der Waals surface area contributed by atoms with Crippen molar-refractivity contribution in [3.05, 3.63) is 102 Å². The summed E-state index contributed by atoms with van der Waals surface area (Å²) in [4.78, 5) is 44.4. The van der Waals surface area contributed by atoms with Crippen molar-refractivity contribution >= 4 is 23.5 Å². The molecular formula is C30H32N4O3. The molecule has 2 aliphatic rings. The summed E-state index contributed by atoms with van der Waals surface area (Å²) in [6.45, 7) is 4.39. The number of carbonyl (C=O) groups excluding carboxylic acids is 3. The van der Waals surface area contributed by atoms with Crippen LogP contribution in [0.25, 0.3) is 0 Å². The van der Waals surface area contributed by atoms with Crippen LogP contribution in [0.3, 0.4) is 0 Å². The summed E-state index contributed by atoms with van der Waals surface area (Å²) in [6, 6.07) is 27.2. The third-order valence-electron chi connectivity index (χ3n) is 7.35. The summed E-state index contributed by atoms with van der Waals surface area (Å²) in [5, 5.41) is 2.79. The van der Waals surface area contributed by atoms with E-state index in [2.05, 4.69) is 10.2 Å². The lowest BCUT2D eigenvalue weighted by Crippen LogP contribution is -2.56. The van der Waals surface area contributed by atoms with Crippen LogP contribution >= 0.6 is 0 Å². The van der Waals surface area contributed by atoms with Crippen LogP contribution in [0, 0.1) is 0 Å². The number of imide groups is 1. The van der Waals surface area contributed by atoms with Crippen molar-refractivity contribution in [1.82, 2.24) is 14.7 Å². The average molecular weight is 497 g/mol. The maximum atomic E-state index is 13.9. The summed E-state index contributed by atoms with van der Waals surface area (Å²) in [5.41, 5.74) is 3.06. The smallest absolute Gasteiger partial charge is 0.326 e. The predicted molar refractivity (Wildman–Crippen MR) is 142 cm³/mol. The Hall–Kier alpha value is -3.97. The van der Waals surface area contributed by atoms with Crippen LogP contribution in [0.15, 0.2) is 84.9 Å². The van der Waals surface area contributed by atoms with Gasteiger partial charge in [0.1, 0.15) is 5.54 Å². The third kappa shape index (κ3) is 5.27. The molecule has 0 radical (unpaired) electrons. The zero-order valence-corrected chi connectivity index (χ0v) is 21.1. The van der Waals surface area contributed by atoms with Crippen molar-refractivity contribution in [3.8, 4) is 0 Å². The van der Waals surface area contributed by atoms with E-state index < -0.39 is 5.54 Å². The van der Waals surface area contributed by atoms with Gasteiger partial charge >= 0.3 is 6.03 Å². The van der Waals surface area contributed by atoms with E-state index in [1.165, 1.54) is 11.8 Å². The van der Waals surface area contributed by atoms with Gasteiger partial charge in [-0.3, -0.25) is 19.4 Å². The summed E-state index contributed by atoms with van der Waals surface area (Å²) in [7, 11) is 0. The number of piperidine rings is 1. The van der Waals surface area contributed by atoms with Gasteiger partial charge in [0.2, 0.25) is 5.91 Å². The minimum absolute atomic E-state index is 0.0865. The molecule has 0 unspecified atom stereocenters. The number of carbonyl (C=O) groups is 3. The number of benzene rings is 3. The average Bonchev–Trinajstić information content (AvgIpc) is 3.09. The molecule has 2 saturated heterocycles. The van der Waals surface area contributed by atoms with Crippen LogP contribution in [-0.4, -0.2) is 51.2 Å². The molecule has 0 aromatic heterocycles. The number of nitrogens with one attached hydrogen (secondary N) is 1. The highest BCUT2D eigenvalue weighted by Crippen LogP contribution is 2.39. The van der Waals surface area contributed by atoms with Gasteiger partial charge in [0.25, 0.3) is 5.91 Å². The monoisotopic (exact) mass is 496 g/mol. The molecule has 0 aliphatic carbocycles. The highest BCUT2D eigenvalue weighted by Gasteiger charge is 2.57.